The van der Waals surface area contributed by atoms with Crippen molar-refractivity contribution >= 4 is 0 Å². The largest absolute Gasteiger partial charge is 0.0619 e. The third kappa shape index (κ3) is 2.39. The molecule has 0 saturated heterocycles. The lowest BCUT2D eigenvalue weighted by molar-refractivity contribution is 0.659. The predicted molar refractivity (Wildman–Crippen MR) is 136 cm³/mol. The minimum atomic E-state index is 0.0468. The van der Waals surface area contributed by atoms with Crippen LogP contribution in [0.4, 0.5) is 0 Å². The summed E-state index contributed by atoms with van der Waals surface area (Å²) in [6.07, 6.45) is 0. The Bertz CT molecular complexity index is 1320. The molecule has 0 nitrogen and oxygen atoms in total. The van der Waals surface area contributed by atoms with Gasteiger partial charge in [-0.25, -0.2) is 0 Å². The van der Waals surface area contributed by atoms with Crippen molar-refractivity contribution in [3.05, 3.63) is 106 Å². The lowest BCUT2D eigenvalue weighted by atomic mass is 9.80. The Kier molecular flexibility index (Phi) is 3.81. The van der Waals surface area contributed by atoms with Crippen molar-refractivity contribution in [1.82, 2.24) is 0 Å². The summed E-state index contributed by atoms with van der Waals surface area (Å²) in [6, 6.07) is 27.6. The molecule has 0 unspecified atom stereocenters. The Balaban J connectivity index is 1.61. The maximum atomic E-state index is 2.46. The molecule has 2 aliphatic carbocycles. The highest BCUT2D eigenvalue weighted by molar-refractivity contribution is 5.90. The summed E-state index contributed by atoms with van der Waals surface area (Å²) in [4.78, 5) is 0. The zero-order valence-corrected chi connectivity index (χ0v) is 19.9. The Morgan fingerprint density at radius 2 is 0.781 bits per heavy atom. The van der Waals surface area contributed by atoms with Gasteiger partial charge in [-0.15, -0.1) is 0 Å². The minimum absolute atomic E-state index is 0.0468. The van der Waals surface area contributed by atoms with Crippen molar-refractivity contribution in [2.75, 3.05) is 0 Å². The molecule has 0 saturated carbocycles. The van der Waals surface area contributed by atoms with E-state index in [4.69, 9.17) is 0 Å². The number of hydrogen-bond donors (Lipinski definition) is 0. The fraction of sp³-hybridized carbons (Fsp3) is 0.250. The summed E-state index contributed by atoms with van der Waals surface area (Å²) in [5, 5.41) is 0. The van der Waals surface area contributed by atoms with Crippen molar-refractivity contribution in [1.29, 1.82) is 0 Å². The van der Waals surface area contributed by atoms with Crippen LogP contribution in [0.25, 0.3) is 33.4 Å². The number of benzene rings is 4. The third-order valence-corrected chi connectivity index (χ3v) is 8.15. The molecule has 0 bridgehead atoms. The van der Waals surface area contributed by atoms with Crippen LogP contribution in [-0.2, 0) is 10.8 Å². The van der Waals surface area contributed by atoms with Gasteiger partial charge >= 0.3 is 0 Å². The van der Waals surface area contributed by atoms with Crippen molar-refractivity contribution in [2.45, 2.75) is 52.4 Å². The molecule has 0 heteroatoms. The van der Waals surface area contributed by atoms with Crippen LogP contribution in [0.2, 0.25) is 0 Å². The topological polar surface area (TPSA) is 0 Å². The Morgan fingerprint density at radius 3 is 1.19 bits per heavy atom. The van der Waals surface area contributed by atoms with Gasteiger partial charge in [0.2, 0.25) is 0 Å². The highest BCUT2D eigenvalue weighted by Gasteiger charge is 2.37. The highest BCUT2D eigenvalue weighted by atomic mass is 14.4. The van der Waals surface area contributed by atoms with Gasteiger partial charge in [-0.05, 0) is 92.7 Å². The molecule has 0 fully saturated rings. The number of rotatable bonds is 1. The summed E-state index contributed by atoms with van der Waals surface area (Å²) >= 11 is 0. The molecule has 158 valence electrons. The Hall–Kier alpha value is -3.12. The van der Waals surface area contributed by atoms with E-state index in [-0.39, 0.29) is 10.8 Å². The molecule has 0 aliphatic heterocycles. The van der Waals surface area contributed by atoms with Gasteiger partial charge < -0.3 is 0 Å². The maximum absolute atomic E-state index is 2.46. The molecule has 0 spiro atoms. The molecular formula is C32H30. The van der Waals surface area contributed by atoms with Gasteiger partial charge in [-0.2, -0.15) is 0 Å². The van der Waals surface area contributed by atoms with Crippen LogP contribution in [0.5, 0.6) is 0 Å². The fourth-order valence-electron chi connectivity index (χ4n) is 6.29. The van der Waals surface area contributed by atoms with Gasteiger partial charge in [-0.1, -0.05) is 88.4 Å². The van der Waals surface area contributed by atoms with Crippen molar-refractivity contribution < 1.29 is 0 Å². The summed E-state index contributed by atoms with van der Waals surface area (Å²) in [7, 11) is 0. The molecule has 0 heterocycles. The normalized spacial score (nSPS) is 16.3. The van der Waals surface area contributed by atoms with Crippen LogP contribution in [0.15, 0.2) is 72.8 Å². The van der Waals surface area contributed by atoms with E-state index < -0.39 is 0 Å². The molecule has 0 aromatic heterocycles. The zero-order chi connectivity index (χ0) is 22.4. The van der Waals surface area contributed by atoms with Crippen LogP contribution >= 0.6 is 0 Å². The summed E-state index contributed by atoms with van der Waals surface area (Å²) in [5.74, 6) is 0. The van der Waals surface area contributed by atoms with E-state index in [2.05, 4.69) is 114 Å². The van der Waals surface area contributed by atoms with E-state index >= 15 is 0 Å². The lowest BCUT2D eigenvalue weighted by Gasteiger charge is -2.24. The first kappa shape index (κ1) is 19.6. The van der Waals surface area contributed by atoms with Crippen molar-refractivity contribution in [3.8, 4) is 33.4 Å². The van der Waals surface area contributed by atoms with Gasteiger partial charge in [0.25, 0.3) is 0 Å². The van der Waals surface area contributed by atoms with E-state index in [1.54, 1.807) is 0 Å². The third-order valence-electron chi connectivity index (χ3n) is 8.15. The molecular weight excluding hydrogens is 384 g/mol. The second kappa shape index (κ2) is 6.23. The second-order valence-electron chi connectivity index (χ2n) is 10.8. The first-order valence-corrected chi connectivity index (χ1v) is 11.7. The Labute approximate surface area is 192 Å². The molecule has 6 rings (SSSR count). The van der Waals surface area contributed by atoms with E-state index in [1.165, 1.54) is 66.8 Å². The first-order valence-electron chi connectivity index (χ1n) is 11.7. The molecule has 2 aliphatic rings. The predicted octanol–water partition coefficient (Wildman–Crippen LogP) is 8.58. The lowest BCUT2D eigenvalue weighted by Crippen LogP contribution is -2.15. The first-order chi connectivity index (χ1) is 15.2. The molecule has 4 aromatic carbocycles. The van der Waals surface area contributed by atoms with E-state index in [0.29, 0.717) is 0 Å². The number of fused-ring (bicyclic) bond motifs is 6. The summed E-state index contributed by atoms with van der Waals surface area (Å²) in [6.45, 7) is 14.0. The fourth-order valence-corrected chi connectivity index (χ4v) is 6.29. The smallest absolute Gasteiger partial charge is 0.0158 e. The molecule has 4 aromatic rings. The molecule has 0 N–H and O–H groups in total. The van der Waals surface area contributed by atoms with Crippen molar-refractivity contribution in [3.63, 3.8) is 0 Å². The minimum Gasteiger partial charge on any atom is -0.0619 e. The quantitative estimate of drug-likeness (QED) is 0.292. The van der Waals surface area contributed by atoms with Crippen LogP contribution in [0, 0.1) is 13.8 Å². The average Bonchev–Trinajstić information content (AvgIpc) is 3.13. The van der Waals surface area contributed by atoms with Crippen LogP contribution in [0.3, 0.4) is 0 Å². The molecule has 0 atom stereocenters. The van der Waals surface area contributed by atoms with Crippen LogP contribution in [-0.4, -0.2) is 0 Å². The highest BCUT2D eigenvalue weighted by Crippen LogP contribution is 2.53. The van der Waals surface area contributed by atoms with E-state index in [1.807, 2.05) is 0 Å². The van der Waals surface area contributed by atoms with Crippen LogP contribution in [0.1, 0.15) is 61.1 Å². The van der Waals surface area contributed by atoms with Gasteiger partial charge in [-0.3, -0.25) is 0 Å². The zero-order valence-electron chi connectivity index (χ0n) is 19.9. The summed E-state index contributed by atoms with van der Waals surface area (Å²) in [5.41, 5.74) is 16.9. The van der Waals surface area contributed by atoms with Gasteiger partial charge in [0.05, 0.1) is 0 Å². The van der Waals surface area contributed by atoms with E-state index in [0.717, 1.165) is 0 Å². The van der Waals surface area contributed by atoms with Crippen molar-refractivity contribution in [2.24, 2.45) is 0 Å². The second-order valence-corrected chi connectivity index (χ2v) is 10.8. The average molecular weight is 415 g/mol. The molecule has 0 amide bonds. The number of hydrogen-bond acceptors (Lipinski definition) is 0. The molecule has 32 heavy (non-hydrogen) atoms. The van der Waals surface area contributed by atoms with Gasteiger partial charge in [0.15, 0.2) is 0 Å². The van der Waals surface area contributed by atoms with Gasteiger partial charge in [0.1, 0.15) is 0 Å². The van der Waals surface area contributed by atoms with E-state index in [9.17, 15) is 0 Å². The monoisotopic (exact) mass is 414 g/mol. The SMILES string of the molecule is Cc1cc2c(cc1-c1cc3c(cc1C)C(C)(C)c1ccccc1-3)-c1ccccc1C2(C)C. The standard InChI is InChI=1S/C32H30/c1-19-15-29-25(21-11-7-9-13-27(21)31(29,3)4)17-23(19)24-18-26-22-12-8-10-14-28(22)32(5,6)30(26)16-20(24)2/h7-18H,1-6H3. The summed E-state index contributed by atoms with van der Waals surface area (Å²) < 4.78 is 0. The Morgan fingerprint density at radius 1 is 0.406 bits per heavy atom. The number of aryl methyl sites for hydroxylation is 2. The molecule has 0 radical (unpaired) electrons. The maximum Gasteiger partial charge on any atom is 0.0158 e. The van der Waals surface area contributed by atoms with Gasteiger partial charge in [0, 0.05) is 10.8 Å². The van der Waals surface area contributed by atoms with Crippen LogP contribution < -0.4 is 0 Å².